The van der Waals surface area contributed by atoms with E-state index in [1.54, 1.807) is 23.5 Å². The molecule has 0 bridgehead atoms. The first-order valence-corrected chi connectivity index (χ1v) is 13.3. The summed E-state index contributed by atoms with van der Waals surface area (Å²) in [6, 6.07) is 19.5. The van der Waals surface area contributed by atoms with Crippen LogP contribution < -0.4 is 20.1 Å². The van der Waals surface area contributed by atoms with E-state index in [0.29, 0.717) is 24.9 Å². The van der Waals surface area contributed by atoms with Gasteiger partial charge in [0.1, 0.15) is 17.2 Å². The first kappa shape index (κ1) is 25.4. The number of rotatable bonds is 7. The van der Waals surface area contributed by atoms with Crippen molar-refractivity contribution in [3.63, 3.8) is 0 Å². The van der Waals surface area contributed by atoms with Crippen molar-refractivity contribution in [2.45, 2.75) is 38.3 Å². The molecule has 0 radical (unpaired) electrons. The highest BCUT2D eigenvalue weighted by Crippen LogP contribution is 2.47. The van der Waals surface area contributed by atoms with Crippen molar-refractivity contribution >= 4 is 39.7 Å². The van der Waals surface area contributed by atoms with E-state index in [9.17, 15) is 9.90 Å². The molecule has 0 aliphatic carbocycles. The molecule has 8 heteroatoms. The van der Waals surface area contributed by atoms with Crippen LogP contribution in [0.3, 0.4) is 0 Å². The number of ether oxygens (including phenoxy) is 2. The fourth-order valence-electron chi connectivity index (χ4n) is 4.94. The first-order valence-electron chi connectivity index (χ1n) is 12.5. The van der Waals surface area contributed by atoms with Crippen molar-refractivity contribution in [2.75, 3.05) is 13.2 Å². The number of piperidine rings is 1. The van der Waals surface area contributed by atoms with Gasteiger partial charge in [0.2, 0.25) is 0 Å². The summed E-state index contributed by atoms with van der Waals surface area (Å²) in [5.41, 5.74) is 2.68. The molecule has 6 nitrogen and oxygen atoms in total. The third-order valence-electron chi connectivity index (χ3n) is 6.87. The van der Waals surface area contributed by atoms with E-state index in [2.05, 4.69) is 10.6 Å². The number of hydrogen-bond acceptors (Lipinski definition) is 6. The predicted octanol–water partition coefficient (Wildman–Crippen LogP) is 6.64. The lowest BCUT2D eigenvalue weighted by molar-refractivity contribution is 0.0965. The Morgan fingerprint density at radius 2 is 1.84 bits per heavy atom. The van der Waals surface area contributed by atoms with Gasteiger partial charge in [-0.1, -0.05) is 12.5 Å². The molecule has 1 saturated heterocycles. The number of hydrogen-bond donors (Lipinski definition) is 3. The Morgan fingerprint density at radius 1 is 1.00 bits per heavy atom. The summed E-state index contributed by atoms with van der Waals surface area (Å²) in [5, 5.41) is 17.4. The summed E-state index contributed by atoms with van der Waals surface area (Å²) in [5.74, 6) is 2.46. The molecule has 3 aromatic carbocycles. The van der Waals surface area contributed by atoms with Crippen LogP contribution in [0.25, 0.3) is 20.5 Å². The summed E-state index contributed by atoms with van der Waals surface area (Å²) >= 11 is 1.56. The Bertz CT molecular complexity index is 1410. The molecule has 1 aromatic heterocycles. The topological polar surface area (TPSA) is 79.8 Å². The zero-order chi connectivity index (χ0) is 24.5. The van der Waals surface area contributed by atoms with Gasteiger partial charge in [0.15, 0.2) is 5.75 Å². The standard InChI is InChI=1S/C29H28N2O4S.ClH/c32-21-5-11-25-26(16-21)36-28(18-4-10-24-19(15-18)17-31-29(24)33)27(25)35-23-8-6-22(7-9-23)34-14-12-20-3-1-2-13-30-20;/h4-11,15-16,20,30,32H,1-3,12-14,17H2,(H,31,33);1H. The van der Waals surface area contributed by atoms with Crippen LogP contribution in [0, 0.1) is 0 Å². The maximum atomic E-state index is 12.0. The van der Waals surface area contributed by atoms with Gasteiger partial charge in [-0.05, 0) is 91.5 Å². The summed E-state index contributed by atoms with van der Waals surface area (Å²) < 4.78 is 13.3. The van der Waals surface area contributed by atoms with Crippen LogP contribution in [0.15, 0.2) is 60.7 Å². The fraction of sp³-hybridized carbons (Fsp3) is 0.276. The molecule has 192 valence electrons. The van der Waals surface area contributed by atoms with Crippen molar-refractivity contribution in [1.82, 2.24) is 10.6 Å². The highest BCUT2D eigenvalue weighted by molar-refractivity contribution is 7.22. The highest BCUT2D eigenvalue weighted by atomic mass is 35.5. The molecule has 1 unspecified atom stereocenters. The molecule has 6 rings (SSSR count). The average molecular weight is 537 g/mol. The second-order valence-electron chi connectivity index (χ2n) is 9.35. The fourth-order valence-corrected chi connectivity index (χ4v) is 6.10. The van der Waals surface area contributed by atoms with Crippen LogP contribution in [-0.2, 0) is 6.54 Å². The number of amides is 1. The number of nitrogens with one attached hydrogen (secondary N) is 2. The van der Waals surface area contributed by atoms with E-state index in [4.69, 9.17) is 9.47 Å². The average Bonchev–Trinajstić information content (AvgIpc) is 3.45. The van der Waals surface area contributed by atoms with E-state index in [0.717, 1.165) is 56.1 Å². The van der Waals surface area contributed by atoms with Crippen molar-refractivity contribution in [3.05, 3.63) is 71.8 Å². The quantitative estimate of drug-likeness (QED) is 0.247. The number of benzene rings is 3. The van der Waals surface area contributed by atoms with E-state index in [1.165, 1.54) is 19.3 Å². The number of thiophene rings is 1. The molecular weight excluding hydrogens is 508 g/mol. The minimum absolute atomic E-state index is 0. The highest BCUT2D eigenvalue weighted by Gasteiger charge is 2.22. The number of phenols is 1. The molecule has 2 aliphatic rings. The molecule has 0 spiro atoms. The molecule has 0 saturated carbocycles. The summed E-state index contributed by atoms with van der Waals surface area (Å²) in [6.07, 6.45) is 4.80. The van der Waals surface area contributed by atoms with Gasteiger partial charge in [0, 0.05) is 28.2 Å². The zero-order valence-electron chi connectivity index (χ0n) is 20.3. The molecular formula is C29H29ClN2O4S. The lowest BCUT2D eigenvalue weighted by atomic mass is 10.0. The molecule has 1 atom stereocenters. The lowest BCUT2D eigenvalue weighted by Gasteiger charge is -2.23. The number of aromatic hydroxyl groups is 1. The van der Waals surface area contributed by atoms with Crippen LogP contribution in [0.5, 0.6) is 23.0 Å². The summed E-state index contributed by atoms with van der Waals surface area (Å²) in [6.45, 7) is 2.33. The zero-order valence-corrected chi connectivity index (χ0v) is 21.9. The Balaban J connectivity index is 0.00000280. The number of carbonyl (C=O) groups is 1. The van der Waals surface area contributed by atoms with Gasteiger partial charge in [-0.2, -0.15) is 0 Å². The van der Waals surface area contributed by atoms with Crippen LogP contribution in [0.4, 0.5) is 0 Å². The van der Waals surface area contributed by atoms with Gasteiger partial charge < -0.3 is 25.2 Å². The van der Waals surface area contributed by atoms with Crippen LogP contribution in [-0.4, -0.2) is 30.2 Å². The number of halogens is 1. The molecule has 3 N–H and O–H groups in total. The minimum Gasteiger partial charge on any atom is -0.508 e. The molecule has 37 heavy (non-hydrogen) atoms. The maximum Gasteiger partial charge on any atom is 0.251 e. The molecule has 1 fully saturated rings. The summed E-state index contributed by atoms with van der Waals surface area (Å²) in [7, 11) is 0. The van der Waals surface area contributed by atoms with Crippen LogP contribution in [0.1, 0.15) is 41.6 Å². The third kappa shape index (κ3) is 5.39. The molecule has 4 aromatic rings. The Labute approximate surface area is 226 Å². The normalized spacial score (nSPS) is 16.6. The summed E-state index contributed by atoms with van der Waals surface area (Å²) in [4.78, 5) is 13.0. The van der Waals surface area contributed by atoms with E-state index < -0.39 is 0 Å². The first-order chi connectivity index (χ1) is 17.6. The van der Waals surface area contributed by atoms with Gasteiger partial charge in [-0.25, -0.2) is 0 Å². The molecule has 2 aliphatic heterocycles. The number of phenolic OH excluding ortho intramolecular Hbond substituents is 1. The second kappa shape index (κ2) is 11.0. The van der Waals surface area contributed by atoms with E-state index >= 15 is 0 Å². The van der Waals surface area contributed by atoms with Crippen LogP contribution in [0.2, 0.25) is 0 Å². The lowest BCUT2D eigenvalue weighted by Crippen LogP contribution is -2.35. The van der Waals surface area contributed by atoms with Gasteiger partial charge in [0.25, 0.3) is 5.91 Å². The van der Waals surface area contributed by atoms with Gasteiger partial charge in [0.05, 0.1) is 11.5 Å². The van der Waals surface area contributed by atoms with Crippen molar-refractivity contribution < 1.29 is 19.4 Å². The largest absolute Gasteiger partial charge is 0.508 e. The Morgan fingerprint density at radius 3 is 2.65 bits per heavy atom. The van der Waals surface area contributed by atoms with Gasteiger partial charge in [-0.15, -0.1) is 23.7 Å². The smallest absolute Gasteiger partial charge is 0.251 e. The van der Waals surface area contributed by atoms with Crippen molar-refractivity contribution in [2.24, 2.45) is 0 Å². The van der Waals surface area contributed by atoms with Gasteiger partial charge >= 0.3 is 0 Å². The van der Waals surface area contributed by atoms with Crippen LogP contribution >= 0.6 is 23.7 Å². The molecule has 3 heterocycles. The monoisotopic (exact) mass is 536 g/mol. The Hall–Kier alpha value is -3.26. The SMILES string of the molecule is Cl.O=C1NCc2cc(-c3sc4cc(O)ccc4c3Oc3ccc(OCCC4CCCCN4)cc3)ccc21. The third-order valence-corrected chi connectivity index (χ3v) is 8.05. The van der Waals surface area contributed by atoms with E-state index in [1.807, 2.05) is 48.5 Å². The van der Waals surface area contributed by atoms with Crippen molar-refractivity contribution in [3.8, 4) is 33.4 Å². The minimum atomic E-state index is -0.0356. The number of carbonyl (C=O) groups excluding carboxylic acids is 1. The Kier molecular flexibility index (Phi) is 7.55. The second-order valence-corrected chi connectivity index (χ2v) is 10.4. The van der Waals surface area contributed by atoms with Crippen molar-refractivity contribution in [1.29, 1.82) is 0 Å². The van der Waals surface area contributed by atoms with Gasteiger partial charge in [-0.3, -0.25) is 4.79 Å². The predicted molar refractivity (Wildman–Crippen MR) is 150 cm³/mol. The molecule has 1 amide bonds. The number of fused-ring (bicyclic) bond motifs is 2. The van der Waals surface area contributed by atoms with E-state index in [-0.39, 0.29) is 24.1 Å². The maximum absolute atomic E-state index is 12.0.